The summed E-state index contributed by atoms with van der Waals surface area (Å²) < 4.78 is 5.33. The van der Waals surface area contributed by atoms with Gasteiger partial charge in [0.1, 0.15) is 5.75 Å². The van der Waals surface area contributed by atoms with Crippen LogP contribution in [0.1, 0.15) is 5.56 Å². The molecule has 3 N–H and O–H groups in total. The molecule has 1 aromatic heterocycles. The molecule has 0 spiro atoms. The van der Waals surface area contributed by atoms with Crippen LogP contribution in [0.15, 0.2) is 29.0 Å². The number of amides is 1. The summed E-state index contributed by atoms with van der Waals surface area (Å²) in [7, 11) is 0. The number of nitrogens with one attached hydrogen (secondary N) is 1. The first-order chi connectivity index (χ1) is 8.78. The minimum Gasteiger partial charge on any atom is -0.482 e. The Morgan fingerprint density at radius 3 is 3.11 bits per heavy atom. The van der Waals surface area contributed by atoms with Gasteiger partial charge in [0.25, 0.3) is 5.91 Å². The molecule has 0 saturated carbocycles. The number of benzene rings is 1. The molecule has 0 radical (unpaired) electrons. The van der Waals surface area contributed by atoms with Crippen LogP contribution < -0.4 is 15.8 Å². The van der Waals surface area contributed by atoms with Gasteiger partial charge in [0.05, 0.1) is 5.69 Å². The summed E-state index contributed by atoms with van der Waals surface area (Å²) in [6.07, 6.45) is 0. The number of fused-ring (bicyclic) bond motifs is 1. The molecular weight excluding hydrogens is 248 g/mol. The SMILES string of the molecule is NCc1cscc1-c1ccc2c(c1)NC(=O)CO2. The summed E-state index contributed by atoms with van der Waals surface area (Å²) in [5.74, 6) is 0.590. The van der Waals surface area contributed by atoms with Crippen molar-refractivity contribution < 1.29 is 9.53 Å². The molecule has 1 aliphatic rings. The Balaban J connectivity index is 2.04. The van der Waals surface area contributed by atoms with Crippen LogP contribution >= 0.6 is 11.3 Å². The van der Waals surface area contributed by atoms with Crippen molar-refractivity contribution >= 4 is 22.9 Å². The van der Waals surface area contributed by atoms with Gasteiger partial charge in [0.2, 0.25) is 0 Å². The zero-order valence-corrected chi connectivity index (χ0v) is 10.4. The molecule has 0 aliphatic carbocycles. The van der Waals surface area contributed by atoms with E-state index in [1.54, 1.807) is 11.3 Å². The summed E-state index contributed by atoms with van der Waals surface area (Å²) >= 11 is 1.62. The first-order valence-electron chi connectivity index (χ1n) is 5.60. The summed E-state index contributed by atoms with van der Waals surface area (Å²) in [6, 6.07) is 5.78. The first kappa shape index (κ1) is 11.3. The van der Waals surface area contributed by atoms with Gasteiger partial charge in [-0.2, -0.15) is 11.3 Å². The predicted molar refractivity (Wildman–Crippen MR) is 71.8 cm³/mol. The van der Waals surface area contributed by atoms with Gasteiger partial charge in [-0.3, -0.25) is 4.79 Å². The maximum Gasteiger partial charge on any atom is 0.262 e. The van der Waals surface area contributed by atoms with E-state index in [1.165, 1.54) is 0 Å². The lowest BCUT2D eigenvalue weighted by Crippen LogP contribution is -2.25. The van der Waals surface area contributed by atoms with Crippen LogP contribution in [0.5, 0.6) is 5.75 Å². The second-order valence-electron chi connectivity index (χ2n) is 4.06. The van der Waals surface area contributed by atoms with Crippen molar-refractivity contribution in [2.45, 2.75) is 6.54 Å². The lowest BCUT2D eigenvalue weighted by Gasteiger charge is -2.18. The normalized spacial score (nSPS) is 13.7. The van der Waals surface area contributed by atoms with Gasteiger partial charge < -0.3 is 15.8 Å². The number of hydrogen-bond donors (Lipinski definition) is 2. The molecule has 1 aromatic carbocycles. The third-order valence-electron chi connectivity index (χ3n) is 2.89. The van der Waals surface area contributed by atoms with E-state index in [1.807, 2.05) is 23.6 Å². The molecule has 18 heavy (non-hydrogen) atoms. The van der Waals surface area contributed by atoms with E-state index in [4.69, 9.17) is 10.5 Å². The molecule has 5 heteroatoms. The Labute approximate surface area is 108 Å². The van der Waals surface area contributed by atoms with E-state index in [0.717, 1.165) is 22.4 Å². The zero-order chi connectivity index (χ0) is 12.5. The van der Waals surface area contributed by atoms with Gasteiger partial charge >= 0.3 is 0 Å². The minimum atomic E-state index is -0.121. The standard InChI is InChI=1S/C13H12N2O2S/c14-4-9-6-18-7-10(9)8-1-2-12-11(3-8)15-13(16)5-17-12/h1-3,6-7H,4-5,14H2,(H,15,16). The second kappa shape index (κ2) is 4.44. The Kier molecular flexibility index (Phi) is 2.77. The molecule has 0 atom stereocenters. The Morgan fingerprint density at radius 2 is 2.28 bits per heavy atom. The fourth-order valence-corrected chi connectivity index (χ4v) is 2.86. The lowest BCUT2D eigenvalue weighted by molar-refractivity contribution is -0.118. The first-order valence-corrected chi connectivity index (χ1v) is 6.54. The van der Waals surface area contributed by atoms with Gasteiger partial charge in [0, 0.05) is 6.54 Å². The van der Waals surface area contributed by atoms with E-state index < -0.39 is 0 Å². The number of carbonyl (C=O) groups is 1. The van der Waals surface area contributed by atoms with E-state index >= 15 is 0 Å². The molecule has 92 valence electrons. The fraction of sp³-hybridized carbons (Fsp3) is 0.154. The van der Waals surface area contributed by atoms with Crippen LogP contribution in [0.3, 0.4) is 0 Å². The van der Waals surface area contributed by atoms with Crippen LogP contribution in [0, 0.1) is 0 Å². The molecular formula is C13H12N2O2S. The number of carbonyl (C=O) groups excluding carboxylic acids is 1. The number of rotatable bonds is 2. The number of thiophene rings is 1. The fourth-order valence-electron chi connectivity index (χ4n) is 1.99. The number of anilines is 1. The Bertz CT molecular complexity index is 607. The average molecular weight is 260 g/mol. The van der Waals surface area contributed by atoms with Crippen LogP contribution in [0.2, 0.25) is 0 Å². The van der Waals surface area contributed by atoms with Crippen LogP contribution in [-0.2, 0) is 11.3 Å². The minimum absolute atomic E-state index is 0.0822. The maximum atomic E-state index is 11.3. The van der Waals surface area contributed by atoms with E-state index in [0.29, 0.717) is 12.3 Å². The number of nitrogens with two attached hydrogens (primary N) is 1. The summed E-state index contributed by atoms with van der Waals surface area (Å²) in [6.45, 7) is 0.595. The van der Waals surface area contributed by atoms with Crippen LogP contribution in [-0.4, -0.2) is 12.5 Å². The molecule has 2 aromatic rings. The summed E-state index contributed by atoms with van der Waals surface area (Å²) in [5.41, 5.74) is 9.70. The van der Waals surface area contributed by atoms with Crippen LogP contribution in [0.4, 0.5) is 5.69 Å². The number of ether oxygens (including phenoxy) is 1. The summed E-state index contributed by atoms with van der Waals surface area (Å²) in [5, 5.41) is 6.92. The third-order valence-corrected chi connectivity index (χ3v) is 3.68. The van der Waals surface area contributed by atoms with Gasteiger partial charge in [-0.15, -0.1) is 0 Å². The quantitative estimate of drug-likeness (QED) is 0.870. The molecule has 0 fully saturated rings. The van der Waals surface area contributed by atoms with Crippen molar-refractivity contribution in [3.05, 3.63) is 34.5 Å². The highest BCUT2D eigenvalue weighted by Crippen LogP contribution is 2.35. The summed E-state index contributed by atoms with van der Waals surface area (Å²) in [4.78, 5) is 11.3. The predicted octanol–water partition coefficient (Wildman–Crippen LogP) is 2.20. The molecule has 3 rings (SSSR count). The van der Waals surface area contributed by atoms with E-state index in [9.17, 15) is 4.79 Å². The highest BCUT2D eigenvalue weighted by atomic mass is 32.1. The van der Waals surface area contributed by atoms with Gasteiger partial charge in [-0.05, 0) is 39.6 Å². The molecule has 1 amide bonds. The molecule has 1 aliphatic heterocycles. The van der Waals surface area contributed by atoms with Crippen molar-refractivity contribution in [3.8, 4) is 16.9 Å². The van der Waals surface area contributed by atoms with E-state index in [-0.39, 0.29) is 12.5 Å². The van der Waals surface area contributed by atoms with Crippen molar-refractivity contribution in [1.82, 2.24) is 0 Å². The maximum absolute atomic E-state index is 11.3. The Hall–Kier alpha value is -1.85. The number of hydrogen-bond acceptors (Lipinski definition) is 4. The molecule has 0 bridgehead atoms. The van der Waals surface area contributed by atoms with Crippen molar-refractivity contribution in [3.63, 3.8) is 0 Å². The third kappa shape index (κ3) is 1.87. The van der Waals surface area contributed by atoms with Gasteiger partial charge in [0.15, 0.2) is 6.61 Å². The second-order valence-corrected chi connectivity index (χ2v) is 4.81. The lowest BCUT2D eigenvalue weighted by atomic mass is 10.0. The van der Waals surface area contributed by atoms with Crippen molar-refractivity contribution in [2.24, 2.45) is 5.73 Å². The highest BCUT2D eigenvalue weighted by molar-refractivity contribution is 7.08. The van der Waals surface area contributed by atoms with Crippen LogP contribution in [0.25, 0.3) is 11.1 Å². The largest absolute Gasteiger partial charge is 0.482 e. The van der Waals surface area contributed by atoms with Gasteiger partial charge in [-0.1, -0.05) is 6.07 Å². The van der Waals surface area contributed by atoms with Gasteiger partial charge in [-0.25, -0.2) is 0 Å². The monoisotopic (exact) mass is 260 g/mol. The smallest absolute Gasteiger partial charge is 0.262 e. The zero-order valence-electron chi connectivity index (χ0n) is 9.60. The average Bonchev–Trinajstić information content (AvgIpc) is 2.86. The topological polar surface area (TPSA) is 64.3 Å². The molecule has 0 unspecified atom stereocenters. The Morgan fingerprint density at radius 1 is 1.39 bits per heavy atom. The van der Waals surface area contributed by atoms with Crippen molar-refractivity contribution in [1.29, 1.82) is 0 Å². The highest BCUT2D eigenvalue weighted by Gasteiger charge is 2.17. The molecule has 4 nitrogen and oxygen atoms in total. The molecule has 0 saturated heterocycles. The van der Waals surface area contributed by atoms with Crippen molar-refractivity contribution in [2.75, 3.05) is 11.9 Å². The van der Waals surface area contributed by atoms with E-state index in [2.05, 4.69) is 10.7 Å². The molecule has 2 heterocycles.